The van der Waals surface area contributed by atoms with Crippen LogP contribution in [0.15, 0.2) is 47.6 Å². The molecule has 0 heterocycles. The Morgan fingerprint density at radius 3 is 2.51 bits per heavy atom. The summed E-state index contributed by atoms with van der Waals surface area (Å²) in [5.74, 6) is -2.06. The molecular formula is C32H44O7. The summed E-state index contributed by atoms with van der Waals surface area (Å²) < 4.78 is 11.6. The van der Waals surface area contributed by atoms with Crippen molar-refractivity contribution >= 4 is 17.7 Å². The van der Waals surface area contributed by atoms with Gasteiger partial charge in [0.05, 0.1) is 12.0 Å². The lowest BCUT2D eigenvalue weighted by atomic mass is 9.59. The molecule has 0 amide bonds. The molecule has 4 aliphatic rings. The maximum Gasteiger partial charge on any atom is 0.331 e. The van der Waals surface area contributed by atoms with E-state index in [-0.39, 0.29) is 34.5 Å². The van der Waals surface area contributed by atoms with E-state index in [1.807, 2.05) is 13.0 Å². The van der Waals surface area contributed by atoms with Crippen molar-refractivity contribution in [2.75, 3.05) is 6.61 Å². The largest absolute Gasteiger partial charge is 0.455 e. The van der Waals surface area contributed by atoms with Gasteiger partial charge in [0.15, 0.2) is 23.6 Å². The third kappa shape index (κ3) is 4.65. The van der Waals surface area contributed by atoms with Crippen molar-refractivity contribution in [1.82, 2.24) is 0 Å². The molecule has 2 saturated carbocycles. The van der Waals surface area contributed by atoms with Gasteiger partial charge < -0.3 is 19.7 Å². The molecule has 0 aliphatic heterocycles. The van der Waals surface area contributed by atoms with Gasteiger partial charge in [0.25, 0.3) is 0 Å². The number of aliphatic hydroxyl groups is 2. The molecular weight excluding hydrogens is 496 g/mol. The Hall–Kier alpha value is -2.51. The predicted octanol–water partition coefficient (Wildman–Crippen LogP) is 4.63. The minimum Gasteiger partial charge on any atom is -0.455 e. The van der Waals surface area contributed by atoms with Gasteiger partial charge in [0.2, 0.25) is 0 Å². The van der Waals surface area contributed by atoms with Crippen LogP contribution in [0.2, 0.25) is 0 Å². The molecule has 2 bridgehead atoms. The molecule has 0 saturated heterocycles. The van der Waals surface area contributed by atoms with Crippen LogP contribution in [0.1, 0.15) is 73.6 Å². The Kier molecular flexibility index (Phi) is 8.17. The molecule has 0 aromatic rings. The van der Waals surface area contributed by atoms with E-state index in [1.54, 1.807) is 31.2 Å². The lowest BCUT2D eigenvalue weighted by Crippen LogP contribution is -2.66. The second-order valence-corrected chi connectivity index (χ2v) is 12.6. The highest BCUT2D eigenvalue weighted by molar-refractivity contribution is 5.95. The molecule has 8 atom stereocenters. The number of ketones is 1. The maximum atomic E-state index is 14.5. The number of rotatable bonds is 9. The number of esters is 2. The number of Topliss-reactive ketones (excluding diaryl/α,β-unsaturated/α-hetero) is 1. The highest BCUT2D eigenvalue weighted by atomic mass is 16.6. The molecule has 0 radical (unpaired) electrons. The van der Waals surface area contributed by atoms with Gasteiger partial charge in [-0.15, -0.1) is 0 Å². The Morgan fingerprint density at radius 1 is 1.15 bits per heavy atom. The lowest BCUT2D eigenvalue weighted by Gasteiger charge is -2.49. The SMILES string of the molecule is CCCCC/C=C\C=C\C(=O)O[C@H]1C(C)=C[C@]23C(=O)[C@H](C=C(CO)[C@@H](OC(C)=O)[C@]12O)[C@H]1[C@@H](C[C@H]3C)C1(C)C. The van der Waals surface area contributed by atoms with Crippen LogP contribution in [0, 0.1) is 34.5 Å². The Bertz CT molecular complexity index is 1130. The fourth-order valence-corrected chi connectivity index (χ4v) is 7.88. The number of ether oxygens (including phenoxy) is 2. The molecule has 39 heavy (non-hydrogen) atoms. The maximum absolute atomic E-state index is 14.5. The van der Waals surface area contributed by atoms with Crippen molar-refractivity contribution in [3.05, 3.63) is 47.6 Å². The average molecular weight is 541 g/mol. The minimum absolute atomic E-state index is 0.0519. The van der Waals surface area contributed by atoms with Crippen LogP contribution in [-0.2, 0) is 23.9 Å². The molecule has 4 rings (SSSR count). The summed E-state index contributed by atoms with van der Waals surface area (Å²) in [7, 11) is 0. The molecule has 7 nitrogen and oxygen atoms in total. The smallest absolute Gasteiger partial charge is 0.331 e. The van der Waals surface area contributed by atoms with Gasteiger partial charge in [-0.25, -0.2) is 4.79 Å². The number of aliphatic hydroxyl groups excluding tert-OH is 1. The third-order valence-electron chi connectivity index (χ3n) is 9.84. The van der Waals surface area contributed by atoms with E-state index in [2.05, 4.69) is 20.8 Å². The minimum atomic E-state index is -2.11. The summed E-state index contributed by atoms with van der Waals surface area (Å²) in [5, 5.41) is 23.2. The van der Waals surface area contributed by atoms with Crippen molar-refractivity contribution in [3.63, 3.8) is 0 Å². The number of hydrogen-bond donors (Lipinski definition) is 2. The second-order valence-electron chi connectivity index (χ2n) is 12.6. The van der Waals surface area contributed by atoms with Crippen LogP contribution in [-0.4, -0.2) is 52.4 Å². The molecule has 0 aromatic carbocycles. The quantitative estimate of drug-likeness (QED) is 0.144. The van der Waals surface area contributed by atoms with E-state index in [9.17, 15) is 24.6 Å². The van der Waals surface area contributed by atoms with Gasteiger partial charge in [-0.1, -0.05) is 70.9 Å². The van der Waals surface area contributed by atoms with Crippen LogP contribution in [0.25, 0.3) is 0 Å². The highest BCUT2D eigenvalue weighted by Gasteiger charge is 2.77. The standard InChI is InChI=1S/C32H44O7/c1-7-8-9-10-11-12-13-14-25(35)39-28-19(2)17-31-20(3)15-24-26(30(24,5)6)23(27(31)36)16-22(18-33)29(32(28,31)37)38-21(4)34/h11-14,16-17,20,23-24,26,28-29,33,37H,7-10,15,18H2,1-6H3/b12-11-,14-13+/t20-,23-,24-,26+,28+,29-,31+,32-/m1/s1. The summed E-state index contributed by atoms with van der Waals surface area (Å²) in [6.45, 7) is 10.8. The van der Waals surface area contributed by atoms with Gasteiger partial charge >= 0.3 is 11.9 Å². The zero-order valence-corrected chi connectivity index (χ0v) is 24.1. The molecule has 2 fully saturated rings. The first kappa shape index (κ1) is 29.5. The summed E-state index contributed by atoms with van der Waals surface area (Å²) >= 11 is 0. The fraction of sp³-hybridized carbons (Fsp3) is 0.656. The van der Waals surface area contributed by atoms with Crippen LogP contribution in [0.3, 0.4) is 0 Å². The molecule has 0 unspecified atom stereocenters. The van der Waals surface area contributed by atoms with Crippen LogP contribution < -0.4 is 0 Å². The molecule has 7 heteroatoms. The summed E-state index contributed by atoms with van der Waals surface area (Å²) in [6, 6.07) is 0. The normalized spacial score (nSPS) is 38.4. The molecule has 1 spiro atoms. The Labute approximate surface area is 232 Å². The number of carbonyl (C=O) groups excluding carboxylic acids is 3. The van der Waals surface area contributed by atoms with Gasteiger partial charge in [0.1, 0.15) is 0 Å². The number of carbonyl (C=O) groups is 3. The topological polar surface area (TPSA) is 110 Å². The van der Waals surface area contributed by atoms with E-state index < -0.39 is 47.7 Å². The van der Waals surface area contributed by atoms with Crippen molar-refractivity contribution in [3.8, 4) is 0 Å². The average Bonchev–Trinajstić information content (AvgIpc) is 3.36. The molecule has 4 aliphatic carbocycles. The summed E-state index contributed by atoms with van der Waals surface area (Å²) in [6.07, 6.45) is 12.5. The molecule has 2 N–H and O–H groups in total. The Balaban J connectivity index is 1.74. The lowest BCUT2D eigenvalue weighted by molar-refractivity contribution is -0.210. The van der Waals surface area contributed by atoms with Gasteiger partial charge in [0, 0.05) is 18.9 Å². The first-order valence-corrected chi connectivity index (χ1v) is 14.4. The van der Waals surface area contributed by atoms with Crippen LogP contribution >= 0.6 is 0 Å². The Morgan fingerprint density at radius 2 is 1.87 bits per heavy atom. The summed E-state index contributed by atoms with van der Waals surface area (Å²) in [5.41, 5.74) is -2.84. The van der Waals surface area contributed by atoms with Crippen LogP contribution in [0.5, 0.6) is 0 Å². The van der Waals surface area contributed by atoms with E-state index >= 15 is 0 Å². The monoisotopic (exact) mass is 540 g/mol. The van der Waals surface area contributed by atoms with Crippen LogP contribution in [0.4, 0.5) is 0 Å². The zero-order valence-electron chi connectivity index (χ0n) is 24.1. The summed E-state index contributed by atoms with van der Waals surface area (Å²) in [4.78, 5) is 39.8. The van der Waals surface area contributed by atoms with Crippen molar-refractivity contribution in [1.29, 1.82) is 0 Å². The number of allylic oxidation sites excluding steroid dienone is 4. The van der Waals surface area contributed by atoms with E-state index in [1.165, 1.54) is 13.0 Å². The van der Waals surface area contributed by atoms with E-state index in [0.717, 1.165) is 25.7 Å². The van der Waals surface area contributed by atoms with Crippen molar-refractivity contribution < 1.29 is 34.1 Å². The predicted molar refractivity (Wildman–Crippen MR) is 147 cm³/mol. The highest BCUT2D eigenvalue weighted by Crippen LogP contribution is 2.71. The zero-order chi connectivity index (χ0) is 28.8. The van der Waals surface area contributed by atoms with E-state index in [0.29, 0.717) is 12.0 Å². The number of fused-ring (bicyclic) bond motifs is 3. The molecule has 0 aromatic heterocycles. The van der Waals surface area contributed by atoms with Crippen molar-refractivity contribution in [2.45, 2.75) is 91.5 Å². The number of unbranched alkanes of at least 4 members (excludes halogenated alkanes) is 3. The fourth-order valence-electron chi connectivity index (χ4n) is 7.88. The first-order valence-electron chi connectivity index (χ1n) is 14.4. The van der Waals surface area contributed by atoms with Gasteiger partial charge in [-0.3, -0.25) is 9.59 Å². The second kappa shape index (κ2) is 10.8. The van der Waals surface area contributed by atoms with Gasteiger partial charge in [-0.2, -0.15) is 0 Å². The number of hydrogen-bond acceptors (Lipinski definition) is 7. The van der Waals surface area contributed by atoms with Gasteiger partial charge in [-0.05, 0) is 60.5 Å². The molecule has 214 valence electrons. The van der Waals surface area contributed by atoms with Crippen molar-refractivity contribution in [2.24, 2.45) is 34.5 Å². The third-order valence-corrected chi connectivity index (χ3v) is 9.84. The first-order chi connectivity index (χ1) is 18.4. The van der Waals surface area contributed by atoms with E-state index in [4.69, 9.17) is 9.47 Å².